The van der Waals surface area contributed by atoms with Gasteiger partial charge in [-0.25, -0.2) is 0 Å². The highest BCUT2D eigenvalue weighted by Crippen LogP contribution is 2.30. The molecule has 6 heteroatoms. The predicted octanol–water partition coefficient (Wildman–Crippen LogP) is 2.44. The van der Waals surface area contributed by atoms with Crippen molar-refractivity contribution in [3.63, 3.8) is 0 Å². The van der Waals surface area contributed by atoms with Gasteiger partial charge in [-0.3, -0.25) is 4.79 Å². The van der Waals surface area contributed by atoms with Crippen molar-refractivity contribution in [1.82, 2.24) is 5.32 Å². The van der Waals surface area contributed by atoms with Crippen LogP contribution in [0.25, 0.3) is 0 Å². The first-order valence-electron chi connectivity index (χ1n) is 5.02. The van der Waals surface area contributed by atoms with Crippen molar-refractivity contribution >= 4 is 17.7 Å². The molecule has 17 heavy (non-hydrogen) atoms. The maximum Gasteiger partial charge on any atom is 0.416 e. The maximum absolute atomic E-state index is 12.5. The molecule has 1 fully saturated rings. The molecule has 2 nitrogen and oxygen atoms in total. The van der Waals surface area contributed by atoms with Crippen molar-refractivity contribution in [2.75, 3.05) is 5.88 Å². The van der Waals surface area contributed by atoms with Gasteiger partial charge in [-0.05, 0) is 18.1 Å². The summed E-state index contributed by atoms with van der Waals surface area (Å²) in [4.78, 5) is 11.3. The molecule has 0 radical (unpaired) electrons. The van der Waals surface area contributed by atoms with E-state index >= 15 is 0 Å². The Kier molecular flexibility index (Phi) is 3.33. The summed E-state index contributed by atoms with van der Waals surface area (Å²) in [6.07, 6.45) is -4.00. The second-order valence-corrected chi connectivity index (χ2v) is 4.93. The Morgan fingerprint density at radius 2 is 2.18 bits per heavy atom. The number of nitrogens with one attached hydrogen (secondary N) is 1. The molecular weight excluding hydrogens is 251 g/mol. The molecule has 1 heterocycles. The van der Waals surface area contributed by atoms with Crippen molar-refractivity contribution < 1.29 is 18.0 Å². The molecule has 1 atom stereocenters. The number of halogens is 3. The quantitative estimate of drug-likeness (QED) is 0.886. The van der Waals surface area contributed by atoms with E-state index in [0.29, 0.717) is 17.9 Å². The summed E-state index contributed by atoms with van der Waals surface area (Å²) in [5, 5.41) is 2.36. The lowest BCUT2D eigenvalue weighted by Gasteiger charge is -2.10. The minimum Gasteiger partial charge on any atom is -0.346 e. The second kappa shape index (κ2) is 4.60. The van der Waals surface area contributed by atoms with Gasteiger partial charge < -0.3 is 5.32 Å². The summed E-state index contributed by atoms with van der Waals surface area (Å²) < 4.78 is 37.4. The molecule has 0 saturated carbocycles. The van der Waals surface area contributed by atoms with E-state index in [9.17, 15) is 18.0 Å². The highest BCUT2D eigenvalue weighted by molar-refractivity contribution is 8.01. The summed E-state index contributed by atoms with van der Waals surface area (Å²) in [5.41, 5.74) is -0.132. The molecule has 1 amide bonds. The highest BCUT2D eigenvalue weighted by atomic mass is 32.2. The summed E-state index contributed by atoms with van der Waals surface area (Å²) >= 11 is 1.42. The number of alkyl halides is 3. The van der Waals surface area contributed by atoms with E-state index in [-0.39, 0.29) is 11.2 Å². The zero-order valence-corrected chi connectivity index (χ0v) is 9.57. The third-order valence-corrected chi connectivity index (χ3v) is 3.59. The Hall–Kier alpha value is -1.17. The first-order valence-corrected chi connectivity index (χ1v) is 6.07. The van der Waals surface area contributed by atoms with Crippen LogP contribution in [0.5, 0.6) is 0 Å². The number of hydrogen-bond donors (Lipinski definition) is 1. The van der Waals surface area contributed by atoms with Crippen molar-refractivity contribution in [2.24, 2.45) is 0 Å². The first-order chi connectivity index (χ1) is 7.97. The van der Waals surface area contributed by atoms with Gasteiger partial charge in [0.05, 0.1) is 16.7 Å². The van der Waals surface area contributed by atoms with Crippen LogP contribution in [-0.2, 0) is 17.4 Å². The Morgan fingerprint density at radius 3 is 2.76 bits per heavy atom. The average Bonchev–Trinajstić information content (AvgIpc) is 2.64. The zero-order valence-electron chi connectivity index (χ0n) is 8.75. The number of carbonyl (C=O) groups is 1. The van der Waals surface area contributed by atoms with Crippen LogP contribution >= 0.6 is 11.8 Å². The number of carbonyl (C=O) groups excluding carboxylic acids is 1. The summed E-state index contributed by atoms with van der Waals surface area (Å²) in [6, 6.07) is 5.12. The van der Waals surface area contributed by atoms with Crippen molar-refractivity contribution in [2.45, 2.75) is 17.8 Å². The van der Waals surface area contributed by atoms with Crippen molar-refractivity contribution in [1.29, 1.82) is 0 Å². The van der Waals surface area contributed by atoms with Crippen LogP contribution in [-0.4, -0.2) is 17.0 Å². The number of hydrogen-bond acceptors (Lipinski definition) is 2. The lowest BCUT2D eigenvalue weighted by Crippen LogP contribution is -2.24. The molecule has 0 aliphatic carbocycles. The third-order valence-electron chi connectivity index (χ3n) is 2.50. The van der Waals surface area contributed by atoms with Crippen LogP contribution in [0.3, 0.4) is 0 Å². The SMILES string of the molecule is O=C1NCSC1Cc1cccc(C(F)(F)F)c1. The smallest absolute Gasteiger partial charge is 0.346 e. The molecule has 0 aromatic heterocycles. The molecule has 1 unspecified atom stereocenters. The molecular formula is C11H10F3NOS. The normalized spacial score (nSPS) is 20.4. The van der Waals surface area contributed by atoms with E-state index in [1.54, 1.807) is 6.07 Å². The van der Waals surface area contributed by atoms with Crippen LogP contribution < -0.4 is 5.32 Å². The Labute approximate surface area is 101 Å². The molecule has 1 saturated heterocycles. The van der Waals surface area contributed by atoms with Crippen LogP contribution in [0.2, 0.25) is 0 Å². The summed E-state index contributed by atoms with van der Waals surface area (Å²) in [7, 11) is 0. The van der Waals surface area contributed by atoms with Gasteiger partial charge in [0, 0.05) is 0 Å². The van der Waals surface area contributed by atoms with Gasteiger partial charge >= 0.3 is 6.18 Å². The highest BCUT2D eigenvalue weighted by Gasteiger charge is 2.31. The molecule has 0 bridgehead atoms. The Balaban J connectivity index is 2.14. The fourth-order valence-corrected chi connectivity index (χ4v) is 2.62. The molecule has 92 valence electrons. The largest absolute Gasteiger partial charge is 0.416 e. The van der Waals surface area contributed by atoms with Crippen molar-refractivity contribution in [3.8, 4) is 0 Å². The molecule has 1 aromatic carbocycles. The molecule has 0 spiro atoms. The van der Waals surface area contributed by atoms with Gasteiger partial charge in [0.2, 0.25) is 5.91 Å². The topological polar surface area (TPSA) is 29.1 Å². The number of amides is 1. The van der Waals surface area contributed by atoms with Crippen LogP contribution in [0, 0.1) is 0 Å². The monoisotopic (exact) mass is 261 g/mol. The minimum absolute atomic E-state index is 0.104. The van der Waals surface area contributed by atoms with Gasteiger partial charge in [0.25, 0.3) is 0 Å². The lowest BCUT2D eigenvalue weighted by molar-refractivity contribution is -0.137. The Morgan fingerprint density at radius 1 is 1.41 bits per heavy atom. The fourth-order valence-electron chi connectivity index (χ4n) is 1.64. The minimum atomic E-state index is -4.33. The number of thioether (sulfide) groups is 1. The second-order valence-electron chi connectivity index (χ2n) is 3.74. The van der Waals surface area contributed by atoms with E-state index in [4.69, 9.17) is 0 Å². The predicted molar refractivity (Wildman–Crippen MR) is 59.5 cm³/mol. The van der Waals surface area contributed by atoms with Gasteiger partial charge in [0.1, 0.15) is 0 Å². The van der Waals surface area contributed by atoms with E-state index in [0.717, 1.165) is 12.1 Å². The van der Waals surface area contributed by atoms with E-state index < -0.39 is 11.7 Å². The molecule has 1 aliphatic heterocycles. The standard InChI is InChI=1S/C11H10F3NOS/c12-11(13,14)8-3-1-2-7(4-8)5-9-10(16)15-6-17-9/h1-4,9H,5-6H2,(H,15,16). The Bertz CT molecular complexity index is 433. The third kappa shape index (κ3) is 2.94. The molecule has 1 N–H and O–H groups in total. The summed E-state index contributed by atoms with van der Waals surface area (Å²) in [5.74, 6) is 0.426. The van der Waals surface area contributed by atoms with Gasteiger partial charge in [-0.15, -0.1) is 11.8 Å². The number of benzene rings is 1. The van der Waals surface area contributed by atoms with E-state index in [1.165, 1.54) is 17.8 Å². The van der Waals surface area contributed by atoms with Crippen LogP contribution in [0.15, 0.2) is 24.3 Å². The molecule has 1 aromatic rings. The van der Waals surface area contributed by atoms with E-state index in [1.807, 2.05) is 0 Å². The zero-order chi connectivity index (χ0) is 12.5. The van der Waals surface area contributed by atoms with Crippen LogP contribution in [0.1, 0.15) is 11.1 Å². The average molecular weight is 261 g/mol. The van der Waals surface area contributed by atoms with Gasteiger partial charge in [0.15, 0.2) is 0 Å². The molecule has 2 rings (SSSR count). The lowest BCUT2D eigenvalue weighted by atomic mass is 10.1. The van der Waals surface area contributed by atoms with E-state index in [2.05, 4.69) is 5.32 Å². The maximum atomic E-state index is 12.5. The van der Waals surface area contributed by atoms with Gasteiger partial charge in [-0.1, -0.05) is 18.2 Å². The first kappa shape index (κ1) is 12.3. The fraction of sp³-hybridized carbons (Fsp3) is 0.364. The molecule has 1 aliphatic rings. The number of rotatable bonds is 2. The van der Waals surface area contributed by atoms with Crippen LogP contribution in [0.4, 0.5) is 13.2 Å². The van der Waals surface area contributed by atoms with Crippen molar-refractivity contribution in [3.05, 3.63) is 35.4 Å². The summed E-state index contributed by atoms with van der Waals surface area (Å²) in [6.45, 7) is 0. The van der Waals surface area contributed by atoms with Gasteiger partial charge in [-0.2, -0.15) is 13.2 Å².